The quantitative estimate of drug-likeness (QED) is 0.339. The molecule has 0 aliphatic rings. The maximum Gasteiger partial charge on any atom is 0.290 e. The van der Waals surface area contributed by atoms with Gasteiger partial charge in [0.25, 0.3) is 5.91 Å². The molecule has 0 aliphatic carbocycles. The molecule has 1 amide bonds. The topological polar surface area (TPSA) is 125 Å². The zero-order valence-electron chi connectivity index (χ0n) is 17.6. The Kier molecular flexibility index (Phi) is 7.31. The summed E-state index contributed by atoms with van der Waals surface area (Å²) >= 11 is 0. The number of fused-ring (bicyclic) bond motifs is 1. The Balaban J connectivity index is 0.000000913. The predicted molar refractivity (Wildman–Crippen MR) is 116 cm³/mol. The van der Waals surface area contributed by atoms with Crippen molar-refractivity contribution >= 4 is 34.8 Å². The van der Waals surface area contributed by atoms with Gasteiger partial charge in [-0.15, -0.1) is 0 Å². The lowest BCUT2D eigenvalue weighted by molar-refractivity contribution is -0.684. The van der Waals surface area contributed by atoms with E-state index in [1.54, 1.807) is 24.2 Å². The van der Waals surface area contributed by atoms with E-state index >= 15 is 0 Å². The van der Waals surface area contributed by atoms with Crippen molar-refractivity contribution in [2.45, 2.75) is 6.54 Å². The molecule has 0 spiro atoms. The molecular formula is C22H22N6O4. The third-order valence-corrected chi connectivity index (χ3v) is 4.51. The van der Waals surface area contributed by atoms with Crippen molar-refractivity contribution in [2.24, 2.45) is 0 Å². The number of amides is 1. The summed E-state index contributed by atoms with van der Waals surface area (Å²) in [4.78, 5) is 25.1. The van der Waals surface area contributed by atoms with Gasteiger partial charge in [0.15, 0.2) is 18.0 Å². The van der Waals surface area contributed by atoms with Gasteiger partial charge in [0.1, 0.15) is 11.4 Å². The van der Waals surface area contributed by atoms with Crippen molar-refractivity contribution in [3.8, 4) is 11.4 Å². The maximum absolute atomic E-state index is 12.4. The van der Waals surface area contributed by atoms with Crippen LogP contribution in [0.1, 0.15) is 0 Å². The Morgan fingerprint density at radius 3 is 2.59 bits per heavy atom. The average molecular weight is 434 g/mol. The highest BCUT2D eigenvalue weighted by Gasteiger charge is 2.13. The molecule has 10 nitrogen and oxygen atoms in total. The molecule has 3 heterocycles. The van der Waals surface area contributed by atoms with Gasteiger partial charge in [0, 0.05) is 36.7 Å². The number of carbonyl (C=O) groups excluding carboxylic acids is 2. The van der Waals surface area contributed by atoms with Gasteiger partial charge in [-0.25, -0.2) is 9.67 Å². The SMILES string of the molecule is CNc1cc[n+](CC(=O)Nc2cnc3c(cnn3-c3ccccc3OC)c2)cc1.O=C[O-]. The van der Waals surface area contributed by atoms with Gasteiger partial charge in [0.2, 0.25) is 6.54 Å². The summed E-state index contributed by atoms with van der Waals surface area (Å²) in [5.41, 5.74) is 3.10. The summed E-state index contributed by atoms with van der Waals surface area (Å²) in [6.07, 6.45) is 7.05. The Morgan fingerprint density at radius 1 is 1.19 bits per heavy atom. The number of hydrogen-bond donors (Lipinski definition) is 2. The van der Waals surface area contributed by atoms with E-state index in [9.17, 15) is 4.79 Å². The van der Waals surface area contributed by atoms with Crippen molar-refractivity contribution < 1.29 is 24.0 Å². The van der Waals surface area contributed by atoms with Crippen LogP contribution in [0, 0.1) is 0 Å². The van der Waals surface area contributed by atoms with E-state index in [0.29, 0.717) is 17.1 Å². The number of rotatable bonds is 6. The summed E-state index contributed by atoms with van der Waals surface area (Å²) < 4.78 is 8.94. The van der Waals surface area contributed by atoms with E-state index in [1.807, 2.05) is 66.5 Å². The van der Waals surface area contributed by atoms with E-state index in [1.165, 1.54) is 0 Å². The number of para-hydroxylation sites is 2. The van der Waals surface area contributed by atoms with E-state index < -0.39 is 6.47 Å². The number of nitrogens with one attached hydrogen (secondary N) is 2. The van der Waals surface area contributed by atoms with E-state index in [4.69, 9.17) is 14.6 Å². The molecule has 32 heavy (non-hydrogen) atoms. The van der Waals surface area contributed by atoms with Crippen LogP contribution < -0.4 is 25.0 Å². The lowest BCUT2D eigenvalue weighted by Gasteiger charge is -2.09. The summed E-state index contributed by atoms with van der Waals surface area (Å²) in [6.45, 7) is -0.289. The molecule has 0 bridgehead atoms. The lowest BCUT2D eigenvalue weighted by Crippen LogP contribution is -2.39. The van der Waals surface area contributed by atoms with Gasteiger partial charge in [-0.3, -0.25) is 4.79 Å². The number of carboxylic acid groups (broad SMARTS) is 1. The van der Waals surface area contributed by atoms with Crippen molar-refractivity contribution in [1.29, 1.82) is 0 Å². The molecule has 0 aliphatic heterocycles. The maximum atomic E-state index is 12.4. The van der Waals surface area contributed by atoms with Crippen molar-refractivity contribution in [1.82, 2.24) is 14.8 Å². The molecule has 4 rings (SSSR count). The van der Waals surface area contributed by atoms with Crippen LogP contribution in [0.4, 0.5) is 11.4 Å². The first kappa shape index (κ1) is 22.2. The van der Waals surface area contributed by atoms with Gasteiger partial charge in [-0.1, -0.05) is 12.1 Å². The number of nitrogens with zero attached hydrogens (tertiary/aromatic N) is 4. The molecule has 0 unspecified atom stereocenters. The van der Waals surface area contributed by atoms with Gasteiger partial charge in [-0.05, 0) is 18.2 Å². The zero-order valence-corrected chi connectivity index (χ0v) is 17.6. The average Bonchev–Trinajstić information content (AvgIpc) is 3.23. The van der Waals surface area contributed by atoms with Crippen LogP contribution in [0.5, 0.6) is 5.75 Å². The number of ether oxygens (including phenoxy) is 1. The Bertz CT molecular complexity index is 1210. The lowest BCUT2D eigenvalue weighted by atomic mass is 10.3. The normalized spacial score (nSPS) is 10.1. The second-order valence-corrected chi connectivity index (χ2v) is 6.52. The smallest absolute Gasteiger partial charge is 0.290 e. The molecular weight excluding hydrogens is 412 g/mol. The molecule has 2 N–H and O–H groups in total. The number of carbonyl (C=O) groups is 2. The molecule has 10 heteroatoms. The van der Waals surface area contributed by atoms with Crippen LogP contribution in [0.2, 0.25) is 0 Å². The van der Waals surface area contributed by atoms with E-state index in [-0.39, 0.29) is 12.5 Å². The minimum atomic E-state index is -0.500. The fourth-order valence-electron chi connectivity index (χ4n) is 3.07. The second kappa shape index (κ2) is 10.5. The molecule has 3 aromatic heterocycles. The summed E-state index contributed by atoms with van der Waals surface area (Å²) in [7, 11) is 3.47. The van der Waals surface area contributed by atoms with Crippen LogP contribution in [0.15, 0.2) is 67.3 Å². The number of benzene rings is 1. The predicted octanol–water partition coefficient (Wildman–Crippen LogP) is 0.763. The highest BCUT2D eigenvalue weighted by atomic mass is 16.5. The Morgan fingerprint density at radius 2 is 1.91 bits per heavy atom. The zero-order chi connectivity index (χ0) is 22.9. The number of methoxy groups -OCH3 is 1. The standard InChI is InChI=1S/C21H20N6O2.CH2O2/c1-22-16-7-9-26(10-8-16)14-20(28)25-17-11-15-12-24-27(21(15)23-13-17)18-5-3-4-6-19(18)29-2;2-1-3/h3-13H,14H2,1-2H3,(H,25,28);1H,(H,2,3). The molecule has 0 fully saturated rings. The number of pyridine rings is 2. The fraction of sp³-hybridized carbons (Fsp3) is 0.136. The highest BCUT2D eigenvalue weighted by molar-refractivity contribution is 5.92. The van der Waals surface area contributed by atoms with Crippen LogP contribution in [-0.2, 0) is 16.1 Å². The number of aromatic nitrogens is 4. The van der Waals surface area contributed by atoms with Gasteiger partial charge in [-0.2, -0.15) is 9.67 Å². The number of hydrogen-bond acceptors (Lipinski definition) is 7. The fourth-order valence-corrected chi connectivity index (χ4v) is 3.07. The van der Waals surface area contributed by atoms with Crippen LogP contribution in [0.25, 0.3) is 16.7 Å². The minimum Gasteiger partial charge on any atom is -0.554 e. The van der Waals surface area contributed by atoms with E-state index in [2.05, 4.69) is 20.7 Å². The third-order valence-electron chi connectivity index (χ3n) is 4.51. The highest BCUT2D eigenvalue weighted by Crippen LogP contribution is 2.25. The van der Waals surface area contributed by atoms with Crippen molar-refractivity contribution in [2.75, 3.05) is 24.8 Å². The summed E-state index contributed by atoms with van der Waals surface area (Å²) in [5, 5.41) is 19.4. The monoisotopic (exact) mass is 434 g/mol. The summed E-state index contributed by atoms with van der Waals surface area (Å²) in [5.74, 6) is 0.573. The van der Waals surface area contributed by atoms with Crippen molar-refractivity contribution in [3.63, 3.8) is 0 Å². The van der Waals surface area contributed by atoms with Gasteiger partial charge < -0.3 is 25.3 Å². The first-order valence-corrected chi connectivity index (χ1v) is 9.59. The Labute approximate surface area is 184 Å². The first-order chi connectivity index (χ1) is 15.6. The first-order valence-electron chi connectivity index (χ1n) is 9.59. The van der Waals surface area contributed by atoms with Crippen LogP contribution in [-0.4, -0.2) is 41.3 Å². The van der Waals surface area contributed by atoms with Crippen LogP contribution >= 0.6 is 0 Å². The summed E-state index contributed by atoms with van der Waals surface area (Å²) in [6, 6.07) is 13.3. The van der Waals surface area contributed by atoms with E-state index in [0.717, 1.165) is 16.8 Å². The molecule has 1 aromatic carbocycles. The van der Waals surface area contributed by atoms with Gasteiger partial charge in [0.05, 0.1) is 25.2 Å². The molecule has 0 saturated carbocycles. The molecule has 4 aromatic rings. The Hall–Kier alpha value is -4.47. The largest absolute Gasteiger partial charge is 0.554 e. The minimum absolute atomic E-state index is 0.134. The second-order valence-electron chi connectivity index (χ2n) is 6.52. The van der Waals surface area contributed by atoms with Gasteiger partial charge >= 0.3 is 0 Å². The molecule has 164 valence electrons. The van der Waals surface area contributed by atoms with Crippen LogP contribution in [0.3, 0.4) is 0 Å². The molecule has 0 radical (unpaired) electrons. The molecule has 0 saturated heterocycles. The number of anilines is 2. The van der Waals surface area contributed by atoms with Crippen molar-refractivity contribution in [3.05, 3.63) is 67.3 Å². The third kappa shape index (κ3) is 5.17. The molecule has 0 atom stereocenters.